The quantitative estimate of drug-likeness (QED) is 0.827. The largest absolute Gasteiger partial charge is 0.311 e. The zero-order valence-corrected chi connectivity index (χ0v) is 9.97. The first-order valence-corrected chi connectivity index (χ1v) is 6.18. The molecule has 1 aromatic rings. The minimum absolute atomic E-state index is 0.0272. The van der Waals surface area contributed by atoms with Gasteiger partial charge in [-0.05, 0) is 43.9 Å². The van der Waals surface area contributed by atoms with Gasteiger partial charge in [0.1, 0.15) is 0 Å². The average Bonchev–Trinajstić information content (AvgIpc) is 3.11. The van der Waals surface area contributed by atoms with E-state index in [0.717, 1.165) is 24.6 Å². The number of nitrogens with one attached hydrogen (secondary N) is 1. The van der Waals surface area contributed by atoms with Crippen LogP contribution in [0.4, 0.5) is 5.69 Å². The van der Waals surface area contributed by atoms with Crippen LogP contribution in [-0.4, -0.2) is 30.5 Å². The number of hydrogen-bond donors (Lipinski definition) is 1. The predicted octanol–water partition coefficient (Wildman–Crippen LogP) is 1.04. The van der Waals surface area contributed by atoms with Gasteiger partial charge in [0.25, 0.3) is 0 Å². The van der Waals surface area contributed by atoms with Gasteiger partial charge in [0.2, 0.25) is 5.91 Å². The molecular weight excluding hydrogens is 214 g/mol. The zero-order chi connectivity index (χ0) is 11.8. The molecule has 1 N–H and O–H groups in total. The molecule has 17 heavy (non-hydrogen) atoms. The van der Waals surface area contributed by atoms with Crippen LogP contribution in [0.25, 0.3) is 0 Å². The third-order valence-corrected chi connectivity index (χ3v) is 3.91. The van der Waals surface area contributed by atoms with Gasteiger partial charge < -0.3 is 10.2 Å². The van der Waals surface area contributed by atoms with Crippen LogP contribution < -0.4 is 10.2 Å². The van der Waals surface area contributed by atoms with E-state index in [-0.39, 0.29) is 11.9 Å². The van der Waals surface area contributed by atoms with Crippen LogP contribution in [0, 0.1) is 11.8 Å². The third-order valence-electron chi connectivity index (χ3n) is 3.91. The maximum Gasteiger partial charge on any atom is 0.244 e. The molecule has 0 spiro atoms. The number of aromatic nitrogens is 1. The van der Waals surface area contributed by atoms with Crippen LogP contribution in [0.15, 0.2) is 24.5 Å². The van der Waals surface area contributed by atoms with Crippen molar-refractivity contribution in [3.05, 3.63) is 24.5 Å². The van der Waals surface area contributed by atoms with Gasteiger partial charge in [-0.1, -0.05) is 0 Å². The van der Waals surface area contributed by atoms with Gasteiger partial charge in [0.15, 0.2) is 0 Å². The fourth-order valence-corrected chi connectivity index (χ4v) is 2.74. The summed E-state index contributed by atoms with van der Waals surface area (Å²) < 4.78 is 0. The first-order chi connectivity index (χ1) is 8.29. The number of fused-ring (bicyclic) bond motifs is 1. The molecule has 0 radical (unpaired) electrons. The number of pyridine rings is 1. The summed E-state index contributed by atoms with van der Waals surface area (Å²) in [6.07, 6.45) is 5.74. The second-order valence-electron chi connectivity index (χ2n) is 4.99. The standard InChI is InChI=1S/C13H17N3O/c1-14-12-7-9-6-10(9)8-16(13(12)17)11-2-4-15-5-3-11/h2-5,9-10,12,14H,6-8H2,1H3. The molecule has 4 heteroatoms. The highest BCUT2D eigenvalue weighted by molar-refractivity contribution is 5.97. The number of amides is 1. The van der Waals surface area contributed by atoms with Crippen molar-refractivity contribution in [3.8, 4) is 0 Å². The molecule has 1 aliphatic heterocycles. The lowest BCUT2D eigenvalue weighted by Crippen LogP contribution is -2.45. The molecule has 2 heterocycles. The number of nitrogens with zero attached hydrogens (tertiary/aromatic N) is 2. The summed E-state index contributed by atoms with van der Waals surface area (Å²) >= 11 is 0. The maximum atomic E-state index is 12.4. The lowest BCUT2D eigenvalue weighted by atomic mass is 10.1. The smallest absolute Gasteiger partial charge is 0.244 e. The monoisotopic (exact) mass is 231 g/mol. The van der Waals surface area contributed by atoms with Crippen LogP contribution in [-0.2, 0) is 4.79 Å². The van der Waals surface area contributed by atoms with Crippen molar-refractivity contribution in [1.29, 1.82) is 0 Å². The van der Waals surface area contributed by atoms with Crippen molar-refractivity contribution in [2.24, 2.45) is 11.8 Å². The van der Waals surface area contributed by atoms with Crippen LogP contribution in [0.5, 0.6) is 0 Å². The Morgan fingerprint density at radius 2 is 2.06 bits per heavy atom. The summed E-state index contributed by atoms with van der Waals surface area (Å²) in [6, 6.07) is 3.79. The number of likely N-dealkylation sites (N-methyl/N-ethyl adjacent to an activating group) is 1. The van der Waals surface area contributed by atoms with E-state index in [2.05, 4.69) is 10.3 Å². The van der Waals surface area contributed by atoms with Crippen molar-refractivity contribution in [3.63, 3.8) is 0 Å². The minimum atomic E-state index is -0.0272. The van der Waals surface area contributed by atoms with E-state index in [0.29, 0.717) is 5.92 Å². The molecule has 2 fully saturated rings. The number of anilines is 1. The first kappa shape index (κ1) is 10.7. The van der Waals surface area contributed by atoms with E-state index in [1.54, 1.807) is 12.4 Å². The van der Waals surface area contributed by atoms with E-state index in [1.165, 1.54) is 6.42 Å². The second kappa shape index (κ2) is 4.11. The lowest BCUT2D eigenvalue weighted by Gasteiger charge is -2.25. The predicted molar refractivity (Wildman–Crippen MR) is 65.7 cm³/mol. The zero-order valence-electron chi connectivity index (χ0n) is 9.97. The molecule has 3 atom stereocenters. The Morgan fingerprint density at radius 3 is 2.76 bits per heavy atom. The normalized spacial score (nSPS) is 31.9. The molecule has 1 amide bonds. The summed E-state index contributed by atoms with van der Waals surface area (Å²) in [7, 11) is 1.87. The van der Waals surface area contributed by atoms with Crippen LogP contribution in [0.3, 0.4) is 0 Å². The second-order valence-corrected chi connectivity index (χ2v) is 4.99. The summed E-state index contributed by atoms with van der Waals surface area (Å²) in [5, 5.41) is 3.14. The van der Waals surface area contributed by atoms with Crippen LogP contribution in [0.1, 0.15) is 12.8 Å². The maximum absolute atomic E-state index is 12.4. The number of carbonyl (C=O) groups is 1. The van der Waals surface area contributed by atoms with Gasteiger partial charge in [0, 0.05) is 24.6 Å². The van der Waals surface area contributed by atoms with Crippen molar-refractivity contribution in [2.75, 3.05) is 18.5 Å². The third kappa shape index (κ3) is 1.93. The minimum Gasteiger partial charge on any atom is -0.311 e. The Labute approximate surface area is 101 Å². The Morgan fingerprint density at radius 1 is 1.29 bits per heavy atom. The first-order valence-electron chi connectivity index (χ1n) is 6.18. The van der Waals surface area contributed by atoms with Gasteiger partial charge >= 0.3 is 0 Å². The summed E-state index contributed by atoms with van der Waals surface area (Å²) in [6.45, 7) is 0.867. The highest BCUT2D eigenvalue weighted by Gasteiger charge is 2.45. The molecule has 3 rings (SSSR count). The van der Waals surface area contributed by atoms with Crippen molar-refractivity contribution in [1.82, 2.24) is 10.3 Å². The number of carbonyl (C=O) groups excluding carboxylic acids is 1. The lowest BCUT2D eigenvalue weighted by molar-refractivity contribution is -0.120. The summed E-state index contributed by atoms with van der Waals surface area (Å²) in [5.41, 5.74) is 0.970. The summed E-state index contributed by atoms with van der Waals surface area (Å²) in [5.74, 6) is 1.64. The fourth-order valence-electron chi connectivity index (χ4n) is 2.74. The molecule has 1 aliphatic carbocycles. The van der Waals surface area contributed by atoms with Crippen molar-refractivity contribution < 1.29 is 4.79 Å². The molecule has 0 aromatic carbocycles. The highest BCUT2D eigenvalue weighted by Crippen LogP contribution is 2.45. The van der Waals surface area contributed by atoms with E-state index < -0.39 is 0 Å². The highest BCUT2D eigenvalue weighted by atomic mass is 16.2. The van der Waals surface area contributed by atoms with Gasteiger partial charge in [-0.25, -0.2) is 0 Å². The molecule has 4 nitrogen and oxygen atoms in total. The molecule has 2 aliphatic rings. The fraction of sp³-hybridized carbons (Fsp3) is 0.538. The van der Waals surface area contributed by atoms with E-state index in [1.807, 2.05) is 24.1 Å². The van der Waals surface area contributed by atoms with Gasteiger partial charge in [-0.15, -0.1) is 0 Å². The van der Waals surface area contributed by atoms with E-state index >= 15 is 0 Å². The molecular formula is C13H17N3O. The average molecular weight is 231 g/mol. The Hall–Kier alpha value is -1.42. The number of hydrogen-bond acceptors (Lipinski definition) is 3. The number of rotatable bonds is 2. The van der Waals surface area contributed by atoms with Crippen molar-refractivity contribution in [2.45, 2.75) is 18.9 Å². The molecule has 1 saturated carbocycles. The molecule has 1 saturated heterocycles. The van der Waals surface area contributed by atoms with Crippen LogP contribution in [0.2, 0.25) is 0 Å². The Kier molecular flexibility index (Phi) is 2.59. The van der Waals surface area contributed by atoms with Gasteiger partial charge in [0.05, 0.1) is 6.04 Å². The molecule has 3 unspecified atom stereocenters. The van der Waals surface area contributed by atoms with Gasteiger partial charge in [-0.3, -0.25) is 9.78 Å². The Bertz CT molecular complexity index is 420. The molecule has 0 bridgehead atoms. The molecule has 90 valence electrons. The van der Waals surface area contributed by atoms with Crippen molar-refractivity contribution >= 4 is 11.6 Å². The molecule has 1 aromatic heterocycles. The SMILES string of the molecule is CNC1CC2CC2CN(c2ccncc2)C1=O. The van der Waals surface area contributed by atoms with Gasteiger partial charge in [-0.2, -0.15) is 0 Å². The topological polar surface area (TPSA) is 45.2 Å². The van der Waals surface area contributed by atoms with E-state index in [9.17, 15) is 4.79 Å². The van der Waals surface area contributed by atoms with E-state index in [4.69, 9.17) is 0 Å². The Balaban J connectivity index is 1.89. The summed E-state index contributed by atoms with van der Waals surface area (Å²) in [4.78, 5) is 18.3. The van der Waals surface area contributed by atoms with Crippen LogP contribution >= 0.6 is 0 Å².